The van der Waals surface area contributed by atoms with Crippen molar-refractivity contribution in [2.24, 2.45) is 0 Å². The molecule has 0 bridgehead atoms. The van der Waals surface area contributed by atoms with Crippen LogP contribution in [0, 0.1) is 0 Å². The Kier molecular flexibility index (Phi) is 14.7. The molecule has 1 amide bonds. The van der Waals surface area contributed by atoms with E-state index in [2.05, 4.69) is 18.6 Å². The number of nitrogens with zero attached hydrogens (tertiary/aromatic N) is 3. The van der Waals surface area contributed by atoms with Crippen molar-refractivity contribution >= 4 is 60.5 Å². The van der Waals surface area contributed by atoms with E-state index in [0.29, 0.717) is 30.1 Å². The minimum atomic E-state index is -4.02. The molecule has 2 aromatic carbocycles. The Balaban J connectivity index is 2.14. The van der Waals surface area contributed by atoms with Crippen LogP contribution in [0.15, 0.2) is 51.9 Å². The van der Waals surface area contributed by atoms with Gasteiger partial charge >= 0.3 is 5.97 Å². The number of nitrogens with one attached hydrogen (secondary N) is 1. The Morgan fingerprint density at radius 3 is 2.33 bits per heavy atom. The zero-order chi connectivity index (χ0) is 31.4. The van der Waals surface area contributed by atoms with Crippen LogP contribution in [0.2, 0.25) is 0 Å². The molecule has 0 saturated carbocycles. The second kappa shape index (κ2) is 17.1. The van der Waals surface area contributed by atoms with E-state index in [1.807, 2.05) is 63.1 Å². The molecule has 42 heavy (non-hydrogen) atoms. The molecular weight excluding hydrogens is 593 g/mol. The number of anilines is 1. The molecule has 2 rings (SSSR count). The second-order valence-corrected chi connectivity index (χ2v) is 15.1. The summed E-state index contributed by atoms with van der Waals surface area (Å²) in [6.45, 7) is 9.02. The van der Waals surface area contributed by atoms with Gasteiger partial charge in [0, 0.05) is 65.9 Å². The fourth-order valence-corrected chi connectivity index (χ4v) is 8.42. The van der Waals surface area contributed by atoms with Gasteiger partial charge in [-0.2, -0.15) is 4.72 Å². The van der Waals surface area contributed by atoms with Gasteiger partial charge in [0.15, 0.2) is 0 Å². The summed E-state index contributed by atoms with van der Waals surface area (Å²) in [6.07, 6.45) is 3.40. The summed E-state index contributed by atoms with van der Waals surface area (Å²) in [5.74, 6) is -0.665. The molecule has 0 saturated heterocycles. The van der Waals surface area contributed by atoms with Crippen LogP contribution in [0.4, 0.5) is 5.69 Å². The average Bonchev–Trinajstić information content (AvgIpc) is 2.93. The van der Waals surface area contributed by atoms with Crippen LogP contribution in [0.1, 0.15) is 47.0 Å². The van der Waals surface area contributed by atoms with E-state index in [-0.39, 0.29) is 11.5 Å². The third kappa shape index (κ3) is 10.5. The molecule has 12 heteroatoms. The van der Waals surface area contributed by atoms with Crippen LogP contribution in [0.25, 0.3) is 10.8 Å². The maximum atomic E-state index is 13.3. The van der Waals surface area contributed by atoms with Crippen molar-refractivity contribution in [3.8, 4) is 0 Å². The first-order valence-corrected chi connectivity index (χ1v) is 17.8. The first-order chi connectivity index (χ1) is 19.8. The van der Waals surface area contributed by atoms with E-state index in [9.17, 15) is 18.0 Å². The molecule has 0 aliphatic carbocycles. The van der Waals surface area contributed by atoms with Gasteiger partial charge in [-0.15, -0.1) is 0 Å². The van der Waals surface area contributed by atoms with Crippen LogP contribution in [-0.4, -0.2) is 89.8 Å². The number of esters is 1. The lowest BCUT2D eigenvalue weighted by molar-refractivity contribution is -0.145. The first-order valence-electron chi connectivity index (χ1n) is 14.1. The monoisotopic (exact) mass is 638 g/mol. The van der Waals surface area contributed by atoms with Crippen LogP contribution in [0.5, 0.6) is 0 Å². The summed E-state index contributed by atoms with van der Waals surface area (Å²) < 4.78 is 34.7. The van der Waals surface area contributed by atoms with E-state index in [1.165, 1.54) is 13.0 Å². The number of fused-ring (bicyclic) bond motifs is 1. The van der Waals surface area contributed by atoms with Crippen molar-refractivity contribution in [1.82, 2.24) is 14.5 Å². The summed E-state index contributed by atoms with van der Waals surface area (Å²) in [7, 11) is 7.03. The minimum absolute atomic E-state index is 0.0636. The second-order valence-electron chi connectivity index (χ2n) is 10.7. The minimum Gasteiger partial charge on any atom is -0.464 e. The molecule has 2 atom stereocenters. The Bertz CT molecular complexity index is 1330. The highest BCUT2D eigenvalue weighted by Crippen LogP contribution is 2.39. The van der Waals surface area contributed by atoms with Gasteiger partial charge in [-0.1, -0.05) is 66.1 Å². The number of likely N-dealkylation sites (N-methyl/N-ethyl adjacent to an activating group) is 1. The molecule has 1 N–H and O–H groups in total. The van der Waals surface area contributed by atoms with Gasteiger partial charge in [0.2, 0.25) is 16.4 Å². The Labute approximate surface area is 259 Å². The number of benzene rings is 2. The lowest BCUT2D eigenvalue weighted by atomic mass is 10.1. The number of hydrogen-bond donors (Lipinski definition) is 1. The Hall–Kier alpha value is -2.25. The van der Waals surface area contributed by atoms with E-state index in [1.54, 1.807) is 38.6 Å². The fraction of sp³-hybridized carbons (Fsp3) is 0.533. The molecule has 9 nitrogen and oxygen atoms in total. The van der Waals surface area contributed by atoms with Crippen molar-refractivity contribution in [2.45, 2.75) is 63.1 Å². The highest BCUT2D eigenvalue weighted by atomic mass is 33.1. The van der Waals surface area contributed by atoms with Crippen molar-refractivity contribution in [3.05, 3.63) is 47.0 Å². The van der Waals surface area contributed by atoms with Gasteiger partial charge in [-0.05, 0) is 46.5 Å². The van der Waals surface area contributed by atoms with Gasteiger partial charge < -0.3 is 19.4 Å². The summed E-state index contributed by atoms with van der Waals surface area (Å²) in [4.78, 5) is 31.4. The third-order valence-electron chi connectivity index (χ3n) is 6.65. The van der Waals surface area contributed by atoms with Crippen LogP contribution in [0.3, 0.4) is 0 Å². The van der Waals surface area contributed by atoms with Gasteiger partial charge in [0.1, 0.15) is 6.04 Å². The quantitative estimate of drug-likeness (QED) is 0.132. The summed E-state index contributed by atoms with van der Waals surface area (Å²) in [5, 5.41) is 1.80. The number of sulfonamides is 1. The predicted octanol–water partition coefficient (Wildman–Crippen LogP) is 5.33. The highest BCUT2D eigenvalue weighted by Gasteiger charge is 2.25. The zero-order valence-electron chi connectivity index (χ0n) is 26.0. The summed E-state index contributed by atoms with van der Waals surface area (Å²) >= 11 is 0. The van der Waals surface area contributed by atoms with Gasteiger partial charge in [0.05, 0.1) is 11.5 Å². The third-order valence-corrected chi connectivity index (χ3v) is 11.5. The molecule has 0 aliphatic rings. The molecule has 0 radical (unpaired) electrons. The van der Waals surface area contributed by atoms with E-state index < -0.39 is 22.0 Å². The number of hydrogen-bond acceptors (Lipinski definition) is 9. The molecule has 0 heterocycles. The molecule has 2 unspecified atom stereocenters. The van der Waals surface area contributed by atoms with E-state index in [0.717, 1.165) is 40.9 Å². The Morgan fingerprint density at radius 1 is 1.05 bits per heavy atom. The fourth-order valence-electron chi connectivity index (χ4n) is 4.25. The van der Waals surface area contributed by atoms with Gasteiger partial charge in [-0.3, -0.25) is 9.59 Å². The number of amides is 1. The molecular formula is C30H46N4O5S3. The summed E-state index contributed by atoms with van der Waals surface area (Å²) in [5.41, 5.74) is 1.72. The van der Waals surface area contributed by atoms with Crippen molar-refractivity contribution < 1.29 is 22.7 Å². The number of carbonyl (C=O) groups is 2. The molecule has 2 aromatic rings. The molecule has 0 fully saturated rings. The van der Waals surface area contributed by atoms with Gasteiger partial charge in [-0.25, -0.2) is 8.42 Å². The maximum absolute atomic E-state index is 13.3. The maximum Gasteiger partial charge on any atom is 0.323 e. The van der Waals surface area contributed by atoms with Crippen LogP contribution >= 0.6 is 21.6 Å². The lowest BCUT2D eigenvalue weighted by Crippen LogP contribution is -2.39. The smallest absolute Gasteiger partial charge is 0.323 e. The number of ether oxygens (including phenoxy) is 1. The number of allylic oxidation sites excluding steroid dienone is 1. The van der Waals surface area contributed by atoms with Crippen molar-refractivity contribution in [1.29, 1.82) is 0 Å². The molecule has 234 valence electrons. The molecule has 0 aliphatic heterocycles. The largest absolute Gasteiger partial charge is 0.464 e. The van der Waals surface area contributed by atoms with E-state index >= 15 is 0 Å². The standard InChI is InChI=1S/C30H46N4O5S3/c1-9-12-22(2)40-41-28(24(4)34(21-35)19-18-32(5)6)17-20-39-30(36)23(3)31-42(37,38)29-16-11-13-25-26(29)14-10-15-27(25)33(7)8/h10-11,13-16,21-23,31H,9,12,17-20H2,1-8H3/b28-24-. The van der Waals surface area contributed by atoms with Crippen LogP contribution < -0.4 is 9.62 Å². The average molecular weight is 639 g/mol. The summed E-state index contributed by atoms with van der Waals surface area (Å²) in [6, 6.07) is 9.51. The highest BCUT2D eigenvalue weighted by molar-refractivity contribution is 8.78. The Morgan fingerprint density at radius 2 is 1.71 bits per heavy atom. The molecule has 0 aromatic heterocycles. The lowest BCUT2D eigenvalue weighted by Gasteiger charge is -2.24. The topological polar surface area (TPSA) is 99.3 Å². The van der Waals surface area contributed by atoms with Gasteiger partial charge in [0.25, 0.3) is 0 Å². The van der Waals surface area contributed by atoms with E-state index in [4.69, 9.17) is 4.74 Å². The SMILES string of the molecule is CCCC(C)SS/C(CCOC(=O)C(C)NS(=O)(=O)c1cccc2c(N(C)C)cccc12)=C(/C)N(C=O)CCN(C)C. The zero-order valence-corrected chi connectivity index (χ0v) is 28.5. The van der Waals surface area contributed by atoms with Crippen molar-refractivity contribution in [3.63, 3.8) is 0 Å². The van der Waals surface area contributed by atoms with Crippen LogP contribution in [-0.2, 0) is 24.3 Å². The normalized spacial score (nSPS) is 13.9. The number of rotatable bonds is 18. The molecule has 0 spiro atoms. The number of carbonyl (C=O) groups excluding carboxylic acids is 2. The van der Waals surface area contributed by atoms with Crippen molar-refractivity contribution in [2.75, 3.05) is 52.8 Å². The first kappa shape index (κ1) is 35.9. The predicted molar refractivity (Wildman–Crippen MR) is 177 cm³/mol.